The molecule has 2 amide bonds. The zero-order chi connectivity index (χ0) is 14.9. The third-order valence-electron chi connectivity index (χ3n) is 3.62. The van der Waals surface area contributed by atoms with Crippen molar-refractivity contribution in [1.29, 1.82) is 0 Å². The van der Waals surface area contributed by atoms with Crippen molar-refractivity contribution in [3.8, 4) is 0 Å². The minimum Gasteiger partial charge on any atom is -0.342 e. The van der Waals surface area contributed by atoms with Gasteiger partial charge in [-0.05, 0) is 25.5 Å². The Morgan fingerprint density at radius 1 is 1.35 bits per heavy atom. The van der Waals surface area contributed by atoms with Gasteiger partial charge >= 0.3 is 0 Å². The molecule has 0 saturated carbocycles. The van der Waals surface area contributed by atoms with Crippen LogP contribution in [0.1, 0.15) is 26.7 Å². The molecule has 20 heavy (non-hydrogen) atoms. The number of hydrogen-bond donors (Lipinski definition) is 1. The fraction of sp³-hybridized carbons (Fsp3) is 0.429. The van der Waals surface area contributed by atoms with Crippen LogP contribution in [0.15, 0.2) is 18.2 Å². The van der Waals surface area contributed by atoms with Crippen molar-refractivity contribution >= 4 is 17.5 Å². The van der Waals surface area contributed by atoms with E-state index in [0.29, 0.717) is 6.42 Å². The number of nitrogens with zero attached hydrogens (tertiary/aromatic N) is 1. The Bertz CT molecular complexity index is 562. The smallest absolute Gasteiger partial charge is 0.252 e. The fourth-order valence-electron chi connectivity index (χ4n) is 2.21. The molecule has 2 rings (SSSR count). The van der Waals surface area contributed by atoms with E-state index < -0.39 is 23.1 Å². The molecule has 1 aliphatic heterocycles. The van der Waals surface area contributed by atoms with Crippen LogP contribution >= 0.6 is 0 Å². The van der Waals surface area contributed by atoms with E-state index in [1.165, 1.54) is 12.1 Å². The highest BCUT2D eigenvalue weighted by Crippen LogP contribution is 2.27. The van der Waals surface area contributed by atoms with Crippen LogP contribution in [-0.2, 0) is 9.59 Å². The maximum Gasteiger partial charge on any atom is 0.252 e. The molecule has 1 fully saturated rings. The van der Waals surface area contributed by atoms with Gasteiger partial charge in [0.15, 0.2) is 11.6 Å². The van der Waals surface area contributed by atoms with Gasteiger partial charge in [0.05, 0.1) is 5.69 Å². The summed E-state index contributed by atoms with van der Waals surface area (Å²) < 4.78 is 27.2. The molecule has 0 aromatic heterocycles. The van der Waals surface area contributed by atoms with Crippen LogP contribution < -0.4 is 10.2 Å². The zero-order valence-corrected chi connectivity index (χ0v) is 11.4. The summed E-state index contributed by atoms with van der Waals surface area (Å²) in [5.41, 5.74) is -1.24. The van der Waals surface area contributed by atoms with Crippen molar-refractivity contribution < 1.29 is 18.4 Å². The Morgan fingerprint density at radius 3 is 2.70 bits per heavy atom. The first-order valence-corrected chi connectivity index (χ1v) is 6.46. The molecule has 108 valence electrons. The monoisotopic (exact) mass is 282 g/mol. The van der Waals surface area contributed by atoms with E-state index >= 15 is 0 Å². The number of amides is 2. The Kier molecular flexibility index (Phi) is 3.74. The summed E-state index contributed by atoms with van der Waals surface area (Å²) in [7, 11) is 0. The van der Waals surface area contributed by atoms with Gasteiger partial charge in [0.1, 0.15) is 5.54 Å². The van der Waals surface area contributed by atoms with Crippen LogP contribution in [0.2, 0.25) is 0 Å². The molecule has 0 spiro atoms. The average Bonchev–Trinajstić information content (AvgIpc) is 2.52. The summed E-state index contributed by atoms with van der Waals surface area (Å²) in [4.78, 5) is 25.3. The lowest BCUT2D eigenvalue weighted by Crippen LogP contribution is -2.55. The van der Waals surface area contributed by atoms with Crippen LogP contribution in [0.25, 0.3) is 0 Å². The number of halogens is 2. The standard InChI is InChI=1S/C14H16F2N2O2/c1-3-14(2)13(20)18(8-7-11(19)17-14)10-6-4-5-9(15)12(10)16/h4-6H,3,7-8H2,1-2H3,(H,17,19). The Hall–Kier alpha value is -1.98. The number of carbonyl (C=O) groups excluding carboxylic acids is 2. The number of hydrogen-bond acceptors (Lipinski definition) is 2. The minimum atomic E-state index is -1.10. The lowest BCUT2D eigenvalue weighted by molar-refractivity contribution is -0.129. The van der Waals surface area contributed by atoms with Crippen molar-refractivity contribution in [3.63, 3.8) is 0 Å². The molecule has 6 heteroatoms. The predicted molar refractivity (Wildman–Crippen MR) is 70.2 cm³/mol. The maximum atomic E-state index is 13.9. The SMILES string of the molecule is CCC1(C)NC(=O)CCN(c2cccc(F)c2F)C1=O. The summed E-state index contributed by atoms with van der Waals surface area (Å²) in [5.74, 6) is -2.80. The number of nitrogens with one attached hydrogen (secondary N) is 1. The highest BCUT2D eigenvalue weighted by molar-refractivity contribution is 6.04. The van der Waals surface area contributed by atoms with Crippen LogP contribution in [-0.4, -0.2) is 23.9 Å². The van der Waals surface area contributed by atoms with Crippen LogP contribution in [0.5, 0.6) is 0 Å². The topological polar surface area (TPSA) is 49.4 Å². The van der Waals surface area contributed by atoms with Crippen molar-refractivity contribution in [2.45, 2.75) is 32.2 Å². The molecule has 1 N–H and O–H groups in total. The van der Waals surface area contributed by atoms with Gasteiger partial charge in [0.2, 0.25) is 5.91 Å². The molecule has 1 aromatic carbocycles. The Balaban J connectivity index is 2.47. The largest absolute Gasteiger partial charge is 0.342 e. The number of carbonyl (C=O) groups is 2. The van der Waals surface area contributed by atoms with Crippen molar-refractivity contribution in [2.24, 2.45) is 0 Å². The average molecular weight is 282 g/mol. The van der Waals surface area contributed by atoms with Crippen LogP contribution in [0.4, 0.5) is 14.5 Å². The highest BCUT2D eigenvalue weighted by atomic mass is 19.2. The van der Waals surface area contributed by atoms with E-state index in [0.717, 1.165) is 11.0 Å². The molecule has 1 saturated heterocycles. The van der Waals surface area contributed by atoms with Crippen molar-refractivity contribution in [1.82, 2.24) is 5.32 Å². The van der Waals surface area contributed by atoms with Gasteiger partial charge in [-0.3, -0.25) is 9.59 Å². The molecule has 1 aromatic rings. The van der Waals surface area contributed by atoms with E-state index in [2.05, 4.69) is 5.32 Å². The first kappa shape index (κ1) is 14.4. The molecule has 1 aliphatic rings. The van der Waals surface area contributed by atoms with Gasteiger partial charge in [0, 0.05) is 13.0 Å². The van der Waals surface area contributed by atoms with Gasteiger partial charge in [0.25, 0.3) is 5.91 Å². The first-order chi connectivity index (χ1) is 9.39. The predicted octanol–water partition coefficient (Wildman–Crippen LogP) is 1.99. The van der Waals surface area contributed by atoms with Crippen LogP contribution in [0.3, 0.4) is 0 Å². The molecule has 1 atom stereocenters. The first-order valence-electron chi connectivity index (χ1n) is 6.46. The Morgan fingerprint density at radius 2 is 2.05 bits per heavy atom. The summed E-state index contributed by atoms with van der Waals surface area (Å²) in [6, 6.07) is 3.66. The summed E-state index contributed by atoms with van der Waals surface area (Å²) in [6.07, 6.45) is 0.419. The van der Waals surface area contributed by atoms with Crippen LogP contribution in [0, 0.1) is 11.6 Å². The molecule has 0 aliphatic carbocycles. The zero-order valence-electron chi connectivity index (χ0n) is 11.4. The second-order valence-electron chi connectivity index (χ2n) is 5.01. The van der Waals surface area contributed by atoms with E-state index in [-0.39, 0.29) is 24.6 Å². The minimum absolute atomic E-state index is 0.0284. The normalized spacial score (nSPS) is 23.5. The highest BCUT2D eigenvalue weighted by Gasteiger charge is 2.40. The van der Waals surface area contributed by atoms with Gasteiger partial charge in [-0.2, -0.15) is 0 Å². The molecule has 1 heterocycles. The molecule has 4 nitrogen and oxygen atoms in total. The molecule has 0 radical (unpaired) electrons. The van der Waals surface area contributed by atoms with Gasteiger partial charge in [-0.25, -0.2) is 8.78 Å². The van der Waals surface area contributed by atoms with E-state index in [1.807, 2.05) is 0 Å². The molecule has 1 unspecified atom stereocenters. The number of benzene rings is 1. The quantitative estimate of drug-likeness (QED) is 0.901. The maximum absolute atomic E-state index is 13.9. The van der Waals surface area contributed by atoms with Gasteiger partial charge in [-0.15, -0.1) is 0 Å². The lowest BCUT2D eigenvalue weighted by atomic mass is 9.97. The van der Waals surface area contributed by atoms with Gasteiger partial charge < -0.3 is 10.2 Å². The lowest BCUT2D eigenvalue weighted by Gasteiger charge is -2.31. The van der Waals surface area contributed by atoms with Crippen molar-refractivity contribution in [2.75, 3.05) is 11.4 Å². The number of anilines is 1. The second kappa shape index (κ2) is 5.19. The van der Waals surface area contributed by atoms with Crippen molar-refractivity contribution in [3.05, 3.63) is 29.8 Å². The molecule has 0 bridgehead atoms. The summed E-state index contributed by atoms with van der Waals surface area (Å²) >= 11 is 0. The third-order valence-corrected chi connectivity index (χ3v) is 3.62. The summed E-state index contributed by atoms with van der Waals surface area (Å²) in [5, 5.41) is 2.64. The second-order valence-corrected chi connectivity index (χ2v) is 5.01. The van der Waals surface area contributed by atoms with E-state index in [9.17, 15) is 18.4 Å². The van der Waals surface area contributed by atoms with E-state index in [4.69, 9.17) is 0 Å². The summed E-state index contributed by atoms with van der Waals surface area (Å²) in [6.45, 7) is 3.37. The van der Waals surface area contributed by atoms with Gasteiger partial charge in [-0.1, -0.05) is 13.0 Å². The third kappa shape index (κ3) is 2.37. The molecular formula is C14H16F2N2O2. The fourth-order valence-corrected chi connectivity index (χ4v) is 2.21. The number of rotatable bonds is 2. The molecular weight excluding hydrogens is 266 g/mol. The Labute approximate surface area is 115 Å². The van der Waals surface area contributed by atoms with E-state index in [1.54, 1.807) is 13.8 Å².